The van der Waals surface area contributed by atoms with Gasteiger partial charge in [0.15, 0.2) is 0 Å². The van der Waals surface area contributed by atoms with Crippen LogP contribution < -0.4 is 5.32 Å². The van der Waals surface area contributed by atoms with Gasteiger partial charge in [0.1, 0.15) is 0 Å². The van der Waals surface area contributed by atoms with Crippen LogP contribution in [0, 0.1) is 5.92 Å². The van der Waals surface area contributed by atoms with Crippen molar-refractivity contribution in [2.24, 2.45) is 5.92 Å². The van der Waals surface area contributed by atoms with Gasteiger partial charge in [0.05, 0.1) is 0 Å². The molecule has 0 aliphatic heterocycles. The number of aromatic nitrogens is 1. The smallest absolute Gasteiger partial charge is 0.0400 e. The van der Waals surface area contributed by atoms with E-state index in [4.69, 9.17) is 0 Å². The fourth-order valence-corrected chi connectivity index (χ4v) is 3.79. The molecule has 1 aromatic heterocycles. The van der Waals surface area contributed by atoms with E-state index in [9.17, 15) is 0 Å². The van der Waals surface area contributed by atoms with E-state index in [-0.39, 0.29) is 0 Å². The minimum Gasteiger partial charge on any atom is -0.381 e. The predicted octanol–water partition coefficient (Wildman–Crippen LogP) is 5.04. The van der Waals surface area contributed by atoms with Gasteiger partial charge in [-0.25, -0.2) is 0 Å². The summed E-state index contributed by atoms with van der Waals surface area (Å²) in [5.41, 5.74) is 7.02. The molecular weight excluding hydrogens is 304 g/mol. The largest absolute Gasteiger partial charge is 0.381 e. The van der Waals surface area contributed by atoms with Gasteiger partial charge in [-0.05, 0) is 66.0 Å². The van der Waals surface area contributed by atoms with Crippen molar-refractivity contribution in [2.75, 3.05) is 5.32 Å². The predicted molar refractivity (Wildman–Crippen MR) is 104 cm³/mol. The lowest BCUT2D eigenvalue weighted by Gasteiger charge is -2.25. The molecule has 4 rings (SSSR count). The molecule has 2 aromatic carbocycles. The number of nitrogens with zero attached hydrogens (tertiary/aromatic N) is 1. The normalized spacial score (nSPS) is 16.2. The Bertz CT molecular complexity index is 812. The van der Waals surface area contributed by atoms with Gasteiger partial charge >= 0.3 is 0 Å². The third kappa shape index (κ3) is 4.08. The van der Waals surface area contributed by atoms with Crippen LogP contribution in [-0.2, 0) is 25.8 Å². The van der Waals surface area contributed by atoms with Crippen LogP contribution in [0.2, 0.25) is 0 Å². The summed E-state index contributed by atoms with van der Waals surface area (Å²) in [6.45, 7) is 0.862. The first-order chi connectivity index (χ1) is 12.4. The Morgan fingerprint density at radius 2 is 1.72 bits per heavy atom. The SMILES string of the molecule is c1ccc(CC2CCc3ccc(CNc4ccncc4)cc3C2)cc1. The van der Waals surface area contributed by atoms with E-state index in [1.54, 1.807) is 5.56 Å². The van der Waals surface area contributed by atoms with Crippen LogP contribution in [0.5, 0.6) is 0 Å². The molecule has 1 aliphatic carbocycles. The van der Waals surface area contributed by atoms with Crippen molar-refractivity contribution >= 4 is 5.69 Å². The summed E-state index contributed by atoms with van der Waals surface area (Å²) in [7, 11) is 0. The zero-order valence-corrected chi connectivity index (χ0v) is 14.5. The fourth-order valence-electron chi connectivity index (χ4n) is 3.79. The van der Waals surface area contributed by atoms with Crippen molar-refractivity contribution in [3.8, 4) is 0 Å². The number of rotatable bonds is 5. The topological polar surface area (TPSA) is 24.9 Å². The van der Waals surface area contributed by atoms with E-state index in [2.05, 4.69) is 58.8 Å². The summed E-state index contributed by atoms with van der Waals surface area (Å²) in [5, 5.41) is 3.48. The molecule has 25 heavy (non-hydrogen) atoms. The second kappa shape index (κ2) is 7.52. The molecule has 0 fully saturated rings. The summed E-state index contributed by atoms with van der Waals surface area (Å²) in [4.78, 5) is 4.06. The van der Waals surface area contributed by atoms with Gasteiger partial charge in [0.25, 0.3) is 0 Å². The number of hydrogen-bond acceptors (Lipinski definition) is 2. The number of benzene rings is 2. The van der Waals surface area contributed by atoms with Gasteiger partial charge in [-0.3, -0.25) is 4.98 Å². The van der Waals surface area contributed by atoms with Gasteiger partial charge in [-0.15, -0.1) is 0 Å². The van der Waals surface area contributed by atoms with Crippen molar-refractivity contribution in [1.82, 2.24) is 4.98 Å². The Morgan fingerprint density at radius 3 is 2.56 bits per heavy atom. The summed E-state index contributed by atoms with van der Waals surface area (Å²) in [6, 6.07) is 21.9. The molecule has 0 saturated heterocycles. The molecule has 2 heteroatoms. The van der Waals surface area contributed by atoms with Crippen molar-refractivity contribution in [2.45, 2.75) is 32.2 Å². The van der Waals surface area contributed by atoms with Gasteiger partial charge in [-0.2, -0.15) is 0 Å². The lowest BCUT2D eigenvalue weighted by atomic mass is 9.80. The highest BCUT2D eigenvalue weighted by atomic mass is 14.9. The number of hydrogen-bond donors (Lipinski definition) is 1. The maximum Gasteiger partial charge on any atom is 0.0400 e. The molecule has 0 radical (unpaired) electrons. The molecule has 0 spiro atoms. The molecule has 3 aromatic rings. The maximum absolute atomic E-state index is 4.06. The van der Waals surface area contributed by atoms with Crippen LogP contribution in [-0.4, -0.2) is 4.98 Å². The first-order valence-corrected chi connectivity index (χ1v) is 9.15. The lowest BCUT2D eigenvalue weighted by Crippen LogP contribution is -2.17. The second-order valence-electron chi connectivity index (χ2n) is 6.99. The Morgan fingerprint density at radius 1 is 0.880 bits per heavy atom. The summed E-state index contributed by atoms with van der Waals surface area (Å²) < 4.78 is 0. The number of nitrogens with one attached hydrogen (secondary N) is 1. The Kier molecular flexibility index (Phi) is 4.78. The van der Waals surface area contributed by atoms with Crippen LogP contribution in [0.25, 0.3) is 0 Å². The average Bonchev–Trinajstić information content (AvgIpc) is 2.68. The number of aryl methyl sites for hydroxylation is 1. The molecule has 1 aliphatic rings. The first kappa shape index (κ1) is 15.9. The average molecular weight is 328 g/mol. The summed E-state index contributed by atoms with van der Waals surface area (Å²) in [6.07, 6.45) is 8.56. The molecule has 126 valence electrons. The molecule has 0 bridgehead atoms. The number of fused-ring (bicyclic) bond motifs is 1. The zero-order valence-electron chi connectivity index (χ0n) is 14.5. The molecule has 1 atom stereocenters. The standard InChI is InChI=1S/C23H24N2/c1-2-4-18(5-3-1)14-19-6-8-21-9-7-20(16-22(21)15-19)17-25-23-10-12-24-13-11-23/h1-5,7,9-13,16,19H,6,8,14-15,17H2,(H,24,25). The molecule has 0 saturated carbocycles. The monoisotopic (exact) mass is 328 g/mol. The second-order valence-corrected chi connectivity index (χ2v) is 6.99. The molecular formula is C23H24N2. The van der Waals surface area contributed by atoms with Crippen LogP contribution in [0.3, 0.4) is 0 Å². The van der Waals surface area contributed by atoms with Gasteiger partial charge in [-0.1, -0.05) is 48.5 Å². The quantitative estimate of drug-likeness (QED) is 0.709. The zero-order chi connectivity index (χ0) is 16.9. The number of anilines is 1. The Balaban J connectivity index is 1.42. The molecule has 0 amide bonds. The van der Waals surface area contributed by atoms with Crippen molar-refractivity contribution in [3.63, 3.8) is 0 Å². The minimum absolute atomic E-state index is 0.762. The van der Waals surface area contributed by atoms with E-state index in [0.717, 1.165) is 18.2 Å². The van der Waals surface area contributed by atoms with Gasteiger partial charge < -0.3 is 5.32 Å². The lowest BCUT2D eigenvalue weighted by molar-refractivity contribution is 0.456. The van der Waals surface area contributed by atoms with Crippen molar-refractivity contribution in [1.29, 1.82) is 0 Å². The van der Waals surface area contributed by atoms with E-state index in [1.807, 2.05) is 24.5 Å². The molecule has 2 nitrogen and oxygen atoms in total. The van der Waals surface area contributed by atoms with Crippen LogP contribution >= 0.6 is 0 Å². The third-order valence-electron chi connectivity index (χ3n) is 5.15. The highest BCUT2D eigenvalue weighted by Crippen LogP contribution is 2.29. The van der Waals surface area contributed by atoms with Crippen LogP contribution in [0.1, 0.15) is 28.7 Å². The molecule has 1 heterocycles. The van der Waals surface area contributed by atoms with Gasteiger partial charge in [0.2, 0.25) is 0 Å². The third-order valence-corrected chi connectivity index (χ3v) is 5.15. The van der Waals surface area contributed by atoms with Crippen LogP contribution in [0.15, 0.2) is 73.1 Å². The van der Waals surface area contributed by atoms with Gasteiger partial charge in [0, 0.05) is 24.6 Å². The van der Waals surface area contributed by atoms with E-state index < -0.39 is 0 Å². The fraction of sp³-hybridized carbons (Fsp3) is 0.261. The first-order valence-electron chi connectivity index (χ1n) is 9.15. The van der Waals surface area contributed by atoms with E-state index in [1.165, 1.54) is 42.4 Å². The number of pyridine rings is 1. The van der Waals surface area contributed by atoms with E-state index in [0.29, 0.717) is 0 Å². The molecule has 1 unspecified atom stereocenters. The Hall–Kier alpha value is -2.61. The summed E-state index contributed by atoms with van der Waals surface area (Å²) in [5.74, 6) is 0.762. The van der Waals surface area contributed by atoms with Crippen molar-refractivity contribution < 1.29 is 0 Å². The highest BCUT2D eigenvalue weighted by molar-refractivity contribution is 5.43. The van der Waals surface area contributed by atoms with E-state index >= 15 is 0 Å². The summed E-state index contributed by atoms with van der Waals surface area (Å²) >= 11 is 0. The minimum atomic E-state index is 0.762. The van der Waals surface area contributed by atoms with Crippen LogP contribution in [0.4, 0.5) is 5.69 Å². The maximum atomic E-state index is 4.06. The highest BCUT2D eigenvalue weighted by Gasteiger charge is 2.19. The van der Waals surface area contributed by atoms with Crippen molar-refractivity contribution in [3.05, 3.63) is 95.3 Å². The Labute approximate surface area is 149 Å². The molecule has 1 N–H and O–H groups in total.